The second-order valence-corrected chi connectivity index (χ2v) is 5.52. The van der Waals surface area contributed by atoms with Crippen molar-refractivity contribution in [2.45, 2.75) is 43.8 Å². The van der Waals surface area contributed by atoms with Crippen LogP contribution >= 0.6 is 0 Å². The predicted molar refractivity (Wildman–Crippen MR) is 70.1 cm³/mol. The summed E-state index contributed by atoms with van der Waals surface area (Å²) in [6.45, 7) is 0. The number of nitrogens with two attached hydrogens (primary N) is 1. The maximum absolute atomic E-state index is 13.4. The van der Waals surface area contributed by atoms with Crippen molar-refractivity contribution in [2.24, 2.45) is 11.7 Å². The van der Waals surface area contributed by atoms with Gasteiger partial charge in [0.2, 0.25) is 0 Å². The Kier molecular flexibility index (Phi) is 4.66. The van der Waals surface area contributed by atoms with E-state index in [0.29, 0.717) is 12.0 Å². The first-order chi connectivity index (χ1) is 9.84. The largest absolute Gasteiger partial charge is 0.419 e. The molecule has 1 saturated carbocycles. The SMILES string of the molecule is NC1CCCC(CC=O)C1c1ccc(F)c(C(F)(F)F)c1. The van der Waals surface area contributed by atoms with E-state index >= 15 is 0 Å². The number of hydrogen-bond donors (Lipinski definition) is 1. The summed E-state index contributed by atoms with van der Waals surface area (Å²) in [5, 5.41) is 0. The van der Waals surface area contributed by atoms with E-state index < -0.39 is 17.6 Å². The monoisotopic (exact) mass is 303 g/mol. The summed E-state index contributed by atoms with van der Waals surface area (Å²) in [6.07, 6.45) is -1.42. The van der Waals surface area contributed by atoms with Crippen LogP contribution in [0.2, 0.25) is 0 Å². The molecule has 21 heavy (non-hydrogen) atoms. The molecule has 1 fully saturated rings. The van der Waals surface area contributed by atoms with Gasteiger partial charge in [-0.2, -0.15) is 13.2 Å². The van der Waals surface area contributed by atoms with Crippen molar-refractivity contribution < 1.29 is 22.4 Å². The van der Waals surface area contributed by atoms with E-state index in [-0.39, 0.29) is 24.3 Å². The molecule has 0 heterocycles. The van der Waals surface area contributed by atoms with Crippen LogP contribution in [0.4, 0.5) is 17.6 Å². The average molecular weight is 303 g/mol. The lowest BCUT2D eigenvalue weighted by molar-refractivity contribution is -0.140. The second kappa shape index (κ2) is 6.13. The first-order valence-corrected chi connectivity index (χ1v) is 6.90. The van der Waals surface area contributed by atoms with Crippen molar-refractivity contribution in [2.75, 3.05) is 0 Å². The molecule has 0 bridgehead atoms. The normalized spacial score (nSPS) is 26.6. The number of halogens is 4. The molecule has 1 aliphatic rings. The van der Waals surface area contributed by atoms with Crippen LogP contribution in [0.3, 0.4) is 0 Å². The molecule has 0 aromatic heterocycles. The first kappa shape index (κ1) is 15.9. The van der Waals surface area contributed by atoms with Gasteiger partial charge >= 0.3 is 6.18 Å². The molecule has 3 unspecified atom stereocenters. The van der Waals surface area contributed by atoms with Crippen molar-refractivity contribution in [3.05, 3.63) is 35.1 Å². The van der Waals surface area contributed by atoms with Gasteiger partial charge in [0.1, 0.15) is 12.1 Å². The van der Waals surface area contributed by atoms with Gasteiger partial charge in [-0.25, -0.2) is 4.39 Å². The Morgan fingerprint density at radius 2 is 2.00 bits per heavy atom. The Labute approximate surface area is 120 Å². The van der Waals surface area contributed by atoms with Gasteiger partial charge in [0.25, 0.3) is 0 Å². The van der Waals surface area contributed by atoms with E-state index in [4.69, 9.17) is 5.73 Å². The highest BCUT2D eigenvalue weighted by atomic mass is 19.4. The van der Waals surface area contributed by atoms with Crippen LogP contribution in [0.5, 0.6) is 0 Å². The second-order valence-electron chi connectivity index (χ2n) is 5.52. The quantitative estimate of drug-likeness (QED) is 0.684. The Balaban J connectivity index is 2.40. The minimum absolute atomic E-state index is 0.0854. The zero-order chi connectivity index (χ0) is 15.6. The molecule has 2 nitrogen and oxygen atoms in total. The third kappa shape index (κ3) is 3.43. The van der Waals surface area contributed by atoms with Crippen LogP contribution < -0.4 is 5.73 Å². The van der Waals surface area contributed by atoms with Crippen molar-refractivity contribution in [1.82, 2.24) is 0 Å². The summed E-state index contributed by atoms with van der Waals surface area (Å²) in [6, 6.07) is 2.70. The number of benzene rings is 1. The van der Waals surface area contributed by atoms with Gasteiger partial charge < -0.3 is 10.5 Å². The zero-order valence-corrected chi connectivity index (χ0v) is 11.4. The lowest BCUT2D eigenvalue weighted by Crippen LogP contribution is -2.37. The Morgan fingerprint density at radius 3 is 2.62 bits per heavy atom. The van der Waals surface area contributed by atoms with Gasteiger partial charge in [0.15, 0.2) is 0 Å². The summed E-state index contributed by atoms with van der Waals surface area (Å²) >= 11 is 0. The van der Waals surface area contributed by atoms with Crippen LogP contribution in [0.15, 0.2) is 18.2 Å². The van der Waals surface area contributed by atoms with Crippen LogP contribution in [-0.2, 0) is 11.0 Å². The fraction of sp³-hybridized carbons (Fsp3) is 0.533. The van der Waals surface area contributed by atoms with Crippen LogP contribution in [0.1, 0.15) is 42.7 Å². The number of carbonyl (C=O) groups is 1. The zero-order valence-electron chi connectivity index (χ0n) is 11.4. The summed E-state index contributed by atoms with van der Waals surface area (Å²) in [7, 11) is 0. The Bertz CT molecular complexity index is 515. The smallest absolute Gasteiger partial charge is 0.327 e. The molecule has 1 aliphatic carbocycles. The van der Waals surface area contributed by atoms with Gasteiger partial charge in [0.05, 0.1) is 5.56 Å². The topological polar surface area (TPSA) is 43.1 Å². The minimum Gasteiger partial charge on any atom is -0.327 e. The molecule has 0 radical (unpaired) electrons. The number of alkyl halides is 3. The van der Waals surface area contributed by atoms with Crippen molar-refractivity contribution >= 4 is 6.29 Å². The fourth-order valence-electron chi connectivity index (χ4n) is 3.20. The summed E-state index contributed by atoms with van der Waals surface area (Å²) in [4.78, 5) is 10.8. The molecular formula is C15H17F4NO. The highest BCUT2D eigenvalue weighted by Crippen LogP contribution is 2.41. The lowest BCUT2D eigenvalue weighted by atomic mass is 9.71. The first-order valence-electron chi connectivity index (χ1n) is 6.90. The fourth-order valence-corrected chi connectivity index (χ4v) is 3.20. The molecule has 116 valence electrons. The van der Waals surface area contributed by atoms with E-state index in [1.165, 1.54) is 6.07 Å². The standard InChI is InChI=1S/C15H17F4NO/c16-12-5-4-10(8-11(12)15(17,18)19)14-9(6-7-21)2-1-3-13(14)20/h4-5,7-9,13-14H,1-3,6,20H2. The molecule has 0 spiro atoms. The molecule has 2 N–H and O–H groups in total. The summed E-state index contributed by atoms with van der Waals surface area (Å²) in [5.41, 5.74) is 5.13. The maximum atomic E-state index is 13.4. The summed E-state index contributed by atoms with van der Waals surface area (Å²) < 4.78 is 51.8. The lowest BCUT2D eigenvalue weighted by Gasteiger charge is -2.36. The predicted octanol–water partition coefficient (Wildman–Crippen LogP) is 3.64. The molecule has 0 amide bonds. The minimum atomic E-state index is -4.74. The van der Waals surface area contributed by atoms with Gasteiger partial charge in [-0.1, -0.05) is 12.5 Å². The van der Waals surface area contributed by atoms with E-state index in [0.717, 1.165) is 31.3 Å². The maximum Gasteiger partial charge on any atom is 0.419 e. The molecule has 6 heteroatoms. The molecule has 3 atom stereocenters. The van der Waals surface area contributed by atoms with E-state index in [1.54, 1.807) is 0 Å². The van der Waals surface area contributed by atoms with Gasteiger partial charge in [-0.3, -0.25) is 0 Å². The number of rotatable bonds is 3. The molecular weight excluding hydrogens is 286 g/mol. The Hall–Kier alpha value is -1.43. The van der Waals surface area contributed by atoms with E-state index in [2.05, 4.69) is 0 Å². The van der Waals surface area contributed by atoms with Crippen LogP contribution in [0, 0.1) is 11.7 Å². The molecule has 1 aromatic rings. The number of aldehydes is 1. The molecule has 1 aromatic carbocycles. The third-order valence-corrected chi connectivity index (χ3v) is 4.16. The van der Waals surface area contributed by atoms with Gasteiger partial charge in [0, 0.05) is 18.4 Å². The molecule has 2 rings (SSSR count). The summed E-state index contributed by atoms with van der Waals surface area (Å²) in [5.74, 6) is -1.72. The number of carbonyl (C=O) groups excluding carboxylic acids is 1. The highest BCUT2D eigenvalue weighted by Gasteiger charge is 2.37. The highest BCUT2D eigenvalue weighted by molar-refractivity contribution is 5.50. The average Bonchev–Trinajstić information content (AvgIpc) is 2.39. The van der Waals surface area contributed by atoms with Crippen LogP contribution in [0.25, 0.3) is 0 Å². The third-order valence-electron chi connectivity index (χ3n) is 4.16. The van der Waals surface area contributed by atoms with E-state index in [1.807, 2.05) is 0 Å². The van der Waals surface area contributed by atoms with Crippen molar-refractivity contribution in [3.63, 3.8) is 0 Å². The van der Waals surface area contributed by atoms with Gasteiger partial charge in [-0.05, 0) is 36.5 Å². The van der Waals surface area contributed by atoms with Crippen molar-refractivity contribution in [3.8, 4) is 0 Å². The van der Waals surface area contributed by atoms with E-state index in [9.17, 15) is 22.4 Å². The van der Waals surface area contributed by atoms with Crippen LogP contribution in [-0.4, -0.2) is 12.3 Å². The van der Waals surface area contributed by atoms with Crippen molar-refractivity contribution in [1.29, 1.82) is 0 Å². The van der Waals surface area contributed by atoms with Gasteiger partial charge in [-0.15, -0.1) is 0 Å². The Morgan fingerprint density at radius 1 is 1.29 bits per heavy atom. The number of hydrogen-bond acceptors (Lipinski definition) is 2. The molecule has 0 aliphatic heterocycles. The molecule has 0 saturated heterocycles.